The van der Waals surface area contributed by atoms with E-state index in [1.807, 2.05) is 19.3 Å². The molecule has 11 nitrogen and oxygen atoms in total. The van der Waals surface area contributed by atoms with Crippen molar-refractivity contribution in [2.45, 2.75) is 6.04 Å². The van der Waals surface area contributed by atoms with Gasteiger partial charge in [0.15, 0.2) is 5.82 Å². The van der Waals surface area contributed by atoms with Gasteiger partial charge in [-0.2, -0.15) is 5.10 Å². The van der Waals surface area contributed by atoms with Crippen LogP contribution in [0, 0.1) is 11.8 Å². The van der Waals surface area contributed by atoms with Crippen molar-refractivity contribution in [3.63, 3.8) is 0 Å². The number of alkyl halides is 1. The van der Waals surface area contributed by atoms with Gasteiger partial charge in [-0.1, -0.05) is 11.8 Å². The van der Waals surface area contributed by atoms with Crippen molar-refractivity contribution < 1.29 is 9.13 Å². The van der Waals surface area contributed by atoms with Crippen molar-refractivity contribution >= 4 is 11.8 Å². The fourth-order valence-electron chi connectivity index (χ4n) is 3.98. The molecule has 0 bridgehead atoms. The van der Waals surface area contributed by atoms with Crippen LogP contribution in [0.15, 0.2) is 55.8 Å². The predicted octanol–water partition coefficient (Wildman–Crippen LogP) is 1.54. The van der Waals surface area contributed by atoms with Crippen molar-refractivity contribution in [3.8, 4) is 23.2 Å². The van der Waals surface area contributed by atoms with Crippen LogP contribution < -0.4 is 9.80 Å². The Morgan fingerprint density at radius 3 is 2.41 bits per heavy atom. The lowest BCUT2D eigenvalue weighted by Crippen LogP contribution is -2.56. The van der Waals surface area contributed by atoms with E-state index in [2.05, 4.69) is 56.6 Å². The Hall–Kier alpha value is -4.50. The third-order valence-electron chi connectivity index (χ3n) is 5.76. The maximum atomic E-state index is 12.6. The van der Waals surface area contributed by atoms with Gasteiger partial charge in [-0.3, -0.25) is 4.68 Å². The van der Waals surface area contributed by atoms with E-state index in [1.165, 1.54) is 6.33 Å². The molecular weight excluding hydrogens is 475 g/mol. The number of aryl methyl sites for hydroxylation is 1. The smallest absolute Gasteiger partial charge is 0.225 e. The maximum absolute atomic E-state index is 12.6. The highest BCUT2D eigenvalue weighted by Gasteiger charge is 2.29. The Balaban J connectivity index is 1.24. The fourth-order valence-corrected chi connectivity index (χ4v) is 3.98. The van der Waals surface area contributed by atoms with Crippen LogP contribution in [0.5, 0.6) is 0 Å². The summed E-state index contributed by atoms with van der Waals surface area (Å²) in [6.45, 7) is 1.93. The monoisotopic (exact) mass is 500 g/mol. The van der Waals surface area contributed by atoms with Crippen molar-refractivity contribution in [1.82, 2.24) is 39.7 Å². The Morgan fingerprint density at radius 2 is 1.76 bits per heavy atom. The molecular formula is C25H25FN10O. The first kappa shape index (κ1) is 24.2. The van der Waals surface area contributed by atoms with Gasteiger partial charge in [0.25, 0.3) is 0 Å². The third-order valence-corrected chi connectivity index (χ3v) is 5.76. The van der Waals surface area contributed by atoms with E-state index >= 15 is 0 Å². The molecule has 1 saturated heterocycles. The molecule has 5 rings (SSSR count). The van der Waals surface area contributed by atoms with Gasteiger partial charge >= 0.3 is 0 Å². The average Bonchev–Trinajstić information content (AvgIpc) is 3.39. The van der Waals surface area contributed by atoms with Gasteiger partial charge in [0, 0.05) is 63.9 Å². The third kappa shape index (κ3) is 6.02. The van der Waals surface area contributed by atoms with Gasteiger partial charge in [-0.15, -0.1) is 0 Å². The predicted molar refractivity (Wildman–Crippen MR) is 134 cm³/mol. The molecule has 1 atom stereocenters. The van der Waals surface area contributed by atoms with E-state index in [0.717, 1.165) is 11.4 Å². The summed E-state index contributed by atoms with van der Waals surface area (Å²) in [6.07, 6.45) is 13.6. The molecule has 0 spiro atoms. The van der Waals surface area contributed by atoms with E-state index in [4.69, 9.17) is 4.74 Å². The SMILES string of the molecule is Cn1cc(-c2ncc(C#Cc3cnc(N4CCN(c5ccncn5)[C@@H](COCCF)C4)nc3)cn2)cn1. The summed E-state index contributed by atoms with van der Waals surface area (Å²) in [6, 6.07) is 1.83. The van der Waals surface area contributed by atoms with Gasteiger partial charge in [0.2, 0.25) is 5.95 Å². The largest absolute Gasteiger partial charge is 0.377 e. The number of nitrogens with zero attached hydrogens (tertiary/aromatic N) is 10. The summed E-state index contributed by atoms with van der Waals surface area (Å²) in [5.41, 5.74) is 2.22. The molecule has 0 amide bonds. The van der Waals surface area contributed by atoms with E-state index in [9.17, 15) is 4.39 Å². The van der Waals surface area contributed by atoms with E-state index in [0.29, 0.717) is 49.1 Å². The number of hydrogen-bond donors (Lipinski definition) is 0. The number of ether oxygens (including phenoxy) is 1. The molecule has 0 N–H and O–H groups in total. The Labute approximate surface area is 213 Å². The number of hydrogen-bond acceptors (Lipinski definition) is 10. The number of anilines is 2. The molecule has 4 aromatic rings. The van der Waals surface area contributed by atoms with Crippen LogP contribution in [0.1, 0.15) is 11.1 Å². The first-order valence-corrected chi connectivity index (χ1v) is 11.8. The molecule has 0 aromatic carbocycles. The van der Waals surface area contributed by atoms with E-state index < -0.39 is 6.67 Å². The molecule has 1 aliphatic rings. The minimum atomic E-state index is -0.518. The quantitative estimate of drug-likeness (QED) is 0.274. The minimum absolute atomic E-state index is 0.0343. The Morgan fingerprint density at radius 1 is 1.00 bits per heavy atom. The molecule has 1 fully saturated rings. The van der Waals surface area contributed by atoms with Crippen molar-refractivity contribution in [2.24, 2.45) is 7.05 Å². The average molecular weight is 501 g/mol. The van der Waals surface area contributed by atoms with Gasteiger partial charge in [-0.05, 0) is 6.07 Å². The summed E-state index contributed by atoms with van der Waals surface area (Å²) >= 11 is 0. The highest BCUT2D eigenvalue weighted by Crippen LogP contribution is 2.21. The van der Waals surface area contributed by atoms with Crippen LogP contribution in [0.2, 0.25) is 0 Å². The zero-order chi connectivity index (χ0) is 25.5. The molecule has 12 heteroatoms. The maximum Gasteiger partial charge on any atom is 0.225 e. The molecule has 5 heterocycles. The minimum Gasteiger partial charge on any atom is -0.377 e. The number of halogens is 1. The molecule has 0 aliphatic carbocycles. The summed E-state index contributed by atoms with van der Waals surface area (Å²) in [7, 11) is 1.85. The molecule has 0 saturated carbocycles. The molecule has 1 aliphatic heterocycles. The van der Waals surface area contributed by atoms with Gasteiger partial charge in [-0.25, -0.2) is 34.3 Å². The first-order valence-electron chi connectivity index (χ1n) is 11.8. The fraction of sp³-hybridized carbons (Fsp3) is 0.320. The number of aromatic nitrogens is 8. The highest BCUT2D eigenvalue weighted by molar-refractivity contribution is 5.52. The molecule has 0 radical (unpaired) electrons. The van der Waals surface area contributed by atoms with Crippen LogP contribution in [0.4, 0.5) is 16.2 Å². The standard InChI is InChI=1S/C25H25FN10O/c1-34-15-21(14-33-34)24-28-10-19(11-29-24)2-3-20-12-30-25(31-13-20)35-7-8-36(23-4-6-27-18-32-23)22(16-35)17-37-9-5-26/h4,6,10-15,18,22H,5,7-9,16-17H2,1H3/t22-/m1/s1. The molecule has 4 aromatic heterocycles. The Kier molecular flexibility index (Phi) is 7.52. The van der Waals surface area contributed by atoms with Crippen molar-refractivity contribution in [2.75, 3.05) is 49.3 Å². The highest BCUT2D eigenvalue weighted by atomic mass is 19.1. The topological polar surface area (TPSA) is 111 Å². The van der Waals surface area contributed by atoms with E-state index in [-0.39, 0.29) is 12.6 Å². The molecule has 37 heavy (non-hydrogen) atoms. The molecule has 188 valence electrons. The van der Waals surface area contributed by atoms with Crippen LogP contribution in [-0.4, -0.2) is 85.2 Å². The van der Waals surface area contributed by atoms with Crippen molar-refractivity contribution in [1.29, 1.82) is 0 Å². The van der Waals surface area contributed by atoms with Gasteiger partial charge in [0.05, 0.1) is 42.1 Å². The van der Waals surface area contributed by atoms with Crippen LogP contribution in [0.3, 0.4) is 0 Å². The zero-order valence-electron chi connectivity index (χ0n) is 20.3. The number of rotatable bonds is 7. The normalized spacial score (nSPS) is 15.4. The lowest BCUT2D eigenvalue weighted by atomic mass is 10.1. The second-order valence-electron chi connectivity index (χ2n) is 8.34. The summed E-state index contributed by atoms with van der Waals surface area (Å²) in [5.74, 6) is 8.12. The van der Waals surface area contributed by atoms with Gasteiger partial charge in [0.1, 0.15) is 18.8 Å². The Bertz CT molecular complexity index is 1350. The van der Waals surface area contributed by atoms with E-state index in [1.54, 1.807) is 41.9 Å². The summed E-state index contributed by atoms with van der Waals surface area (Å²) in [5, 5.41) is 4.13. The van der Waals surface area contributed by atoms with Crippen molar-refractivity contribution in [3.05, 3.63) is 66.9 Å². The second-order valence-corrected chi connectivity index (χ2v) is 8.34. The first-order chi connectivity index (χ1) is 18.2. The second kappa shape index (κ2) is 11.5. The lowest BCUT2D eigenvalue weighted by molar-refractivity contribution is 0.104. The number of piperazine rings is 1. The molecule has 0 unspecified atom stereocenters. The van der Waals surface area contributed by atoms with Gasteiger partial charge < -0.3 is 14.5 Å². The zero-order valence-corrected chi connectivity index (χ0v) is 20.3. The summed E-state index contributed by atoms with van der Waals surface area (Å²) in [4.78, 5) is 30.4. The van der Waals surface area contributed by atoms with Crippen LogP contribution in [-0.2, 0) is 11.8 Å². The summed E-state index contributed by atoms with van der Waals surface area (Å²) < 4.78 is 19.8. The lowest BCUT2D eigenvalue weighted by Gasteiger charge is -2.41. The van der Waals surface area contributed by atoms with Crippen LogP contribution in [0.25, 0.3) is 11.4 Å². The van der Waals surface area contributed by atoms with Crippen LogP contribution >= 0.6 is 0 Å².